The third kappa shape index (κ3) is 3.70. The third-order valence-electron chi connectivity index (χ3n) is 3.58. The van der Waals surface area contributed by atoms with Gasteiger partial charge in [0.2, 0.25) is 0 Å². The van der Waals surface area contributed by atoms with E-state index in [4.69, 9.17) is 4.74 Å². The fourth-order valence-electron chi connectivity index (χ4n) is 2.39. The Balaban J connectivity index is 1.99. The molecule has 4 nitrogen and oxygen atoms in total. The lowest BCUT2D eigenvalue weighted by molar-refractivity contribution is 0.124. The van der Waals surface area contributed by atoms with Crippen LogP contribution < -0.4 is 10.6 Å². The molecule has 1 saturated heterocycles. The topological polar surface area (TPSA) is 50.4 Å². The van der Waals surface area contributed by atoms with Crippen LogP contribution in [0, 0.1) is 0 Å². The molecular formula is C15H22N2O2. The number of carbonyl (C=O) groups excluding carboxylic acids is 1. The molecule has 0 radical (unpaired) electrons. The zero-order valence-corrected chi connectivity index (χ0v) is 11.6. The van der Waals surface area contributed by atoms with E-state index in [9.17, 15) is 4.79 Å². The van der Waals surface area contributed by atoms with E-state index in [2.05, 4.69) is 36.6 Å². The van der Waals surface area contributed by atoms with E-state index in [0.29, 0.717) is 6.04 Å². The molecule has 0 bridgehead atoms. The summed E-state index contributed by atoms with van der Waals surface area (Å²) in [5.74, 6) is 0. The summed E-state index contributed by atoms with van der Waals surface area (Å²) in [7, 11) is 0. The van der Waals surface area contributed by atoms with Crippen molar-refractivity contribution in [3.8, 4) is 0 Å². The molecule has 104 valence electrons. The summed E-state index contributed by atoms with van der Waals surface area (Å²) in [5.41, 5.74) is 1.18. The highest BCUT2D eigenvalue weighted by Crippen LogP contribution is 2.15. The Hall–Kier alpha value is -1.55. The first kappa shape index (κ1) is 13.9. The predicted octanol–water partition coefficient (Wildman–Crippen LogP) is 2.44. The van der Waals surface area contributed by atoms with Gasteiger partial charge < -0.3 is 10.1 Å². The molecule has 1 amide bonds. The van der Waals surface area contributed by atoms with Crippen molar-refractivity contribution in [3.05, 3.63) is 35.9 Å². The van der Waals surface area contributed by atoms with Gasteiger partial charge in [-0.1, -0.05) is 44.2 Å². The first-order valence-corrected chi connectivity index (χ1v) is 7.00. The maximum Gasteiger partial charge on any atom is 0.408 e. The Morgan fingerprint density at radius 3 is 2.58 bits per heavy atom. The molecule has 0 aliphatic carbocycles. The number of hydrogen-bond acceptors (Lipinski definition) is 3. The average molecular weight is 262 g/mol. The number of ether oxygens (including phenoxy) is 1. The Morgan fingerprint density at radius 1 is 1.26 bits per heavy atom. The second kappa shape index (κ2) is 6.57. The fraction of sp³-hybridized carbons (Fsp3) is 0.533. The van der Waals surface area contributed by atoms with Crippen LogP contribution in [0.4, 0.5) is 4.79 Å². The lowest BCUT2D eigenvalue weighted by atomic mass is 10.1. The van der Waals surface area contributed by atoms with Crippen molar-refractivity contribution in [3.63, 3.8) is 0 Å². The van der Waals surface area contributed by atoms with E-state index < -0.39 is 0 Å². The maximum atomic E-state index is 11.4. The summed E-state index contributed by atoms with van der Waals surface area (Å²) in [4.78, 5) is 11.4. The second-order valence-electron chi connectivity index (χ2n) is 4.94. The van der Waals surface area contributed by atoms with Gasteiger partial charge in [0.1, 0.15) is 12.3 Å². The van der Waals surface area contributed by atoms with Crippen LogP contribution in [0.15, 0.2) is 30.3 Å². The van der Waals surface area contributed by atoms with Crippen molar-refractivity contribution in [2.75, 3.05) is 0 Å². The zero-order valence-electron chi connectivity index (χ0n) is 11.6. The van der Waals surface area contributed by atoms with Gasteiger partial charge >= 0.3 is 6.09 Å². The molecule has 1 aliphatic heterocycles. The van der Waals surface area contributed by atoms with Gasteiger partial charge in [0.25, 0.3) is 0 Å². The van der Waals surface area contributed by atoms with Gasteiger partial charge in [-0.15, -0.1) is 0 Å². The summed E-state index contributed by atoms with van der Waals surface area (Å²) in [6.07, 6.45) is 2.25. The van der Waals surface area contributed by atoms with Crippen LogP contribution in [0.25, 0.3) is 0 Å². The average Bonchev–Trinajstić information content (AvgIpc) is 2.77. The van der Waals surface area contributed by atoms with E-state index >= 15 is 0 Å². The zero-order chi connectivity index (χ0) is 13.7. The standard InChI is InChI=1S/C15H22N2O2/c1-3-12(4-2)16-14-13(19-15(18)17-14)10-11-8-6-5-7-9-11/h5-9,12-14,16H,3-4,10H2,1-2H3,(H,17,18)/t13-,14?/m1/s1. The largest absolute Gasteiger partial charge is 0.442 e. The lowest BCUT2D eigenvalue weighted by Crippen LogP contribution is -2.49. The minimum Gasteiger partial charge on any atom is -0.442 e. The highest BCUT2D eigenvalue weighted by molar-refractivity contribution is 5.70. The molecule has 1 heterocycles. The molecule has 2 atom stereocenters. The molecule has 1 unspecified atom stereocenters. The van der Waals surface area contributed by atoms with Gasteiger partial charge in [0, 0.05) is 12.5 Å². The number of rotatable bonds is 6. The number of cyclic esters (lactones) is 1. The molecule has 1 aromatic carbocycles. The van der Waals surface area contributed by atoms with Crippen LogP contribution in [0.1, 0.15) is 32.3 Å². The van der Waals surface area contributed by atoms with Gasteiger partial charge in [-0.05, 0) is 18.4 Å². The van der Waals surface area contributed by atoms with Gasteiger partial charge in [-0.2, -0.15) is 0 Å². The highest BCUT2D eigenvalue weighted by atomic mass is 16.6. The molecule has 2 N–H and O–H groups in total. The minimum atomic E-state index is -0.329. The van der Waals surface area contributed by atoms with Gasteiger partial charge in [-0.3, -0.25) is 5.32 Å². The number of benzene rings is 1. The number of nitrogens with one attached hydrogen (secondary N) is 2. The molecule has 19 heavy (non-hydrogen) atoms. The maximum absolute atomic E-state index is 11.4. The SMILES string of the molecule is CCC(CC)NC1NC(=O)O[C@@H]1Cc1ccccc1. The normalized spacial score (nSPS) is 22.4. The number of amides is 1. The second-order valence-corrected chi connectivity index (χ2v) is 4.94. The van der Waals surface area contributed by atoms with E-state index in [1.54, 1.807) is 0 Å². The van der Waals surface area contributed by atoms with Crippen molar-refractivity contribution in [1.82, 2.24) is 10.6 Å². The predicted molar refractivity (Wildman–Crippen MR) is 74.8 cm³/mol. The molecule has 0 spiro atoms. The minimum absolute atomic E-state index is 0.0994. The Labute approximate surface area is 114 Å². The summed E-state index contributed by atoms with van der Waals surface area (Å²) in [6.45, 7) is 4.29. The third-order valence-corrected chi connectivity index (χ3v) is 3.58. The highest BCUT2D eigenvalue weighted by Gasteiger charge is 2.34. The Morgan fingerprint density at radius 2 is 1.95 bits per heavy atom. The van der Waals surface area contributed by atoms with Gasteiger partial charge in [0.15, 0.2) is 0 Å². The van der Waals surface area contributed by atoms with Crippen LogP contribution in [0.3, 0.4) is 0 Å². The molecule has 4 heteroatoms. The van der Waals surface area contributed by atoms with Crippen LogP contribution in [0.2, 0.25) is 0 Å². The summed E-state index contributed by atoms with van der Waals surface area (Å²) in [6, 6.07) is 10.5. The van der Waals surface area contributed by atoms with Gasteiger partial charge in [0.05, 0.1) is 0 Å². The van der Waals surface area contributed by atoms with Crippen molar-refractivity contribution >= 4 is 6.09 Å². The summed E-state index contributed by atoms with van der Waals surface area (Å²) < 4.78 is 5.36. The summed E-state index contributed by atoms with van der Waals surface area (Å²) in [5, 5.41) is 6.31. The molecule has 1 aliphatic rings. The van der Waals surface area contributed by atoms with E-state index in [1.807, 2.05) is 18.2 Å². The number of carbonyl (C=O) groups is 1. The molecule has 1 aromatic rings. The number of alkyl carbamates (subject to hydrolysis) is 1. The summed E-state index contributed by atoms with van der Waals surface area (Å²) >= 11 is 0. The van der Waals surface area contributed by atoms with Crippen molar-refractivity contribution in [1.29, 1.82) is 0 Å². The van der Waals surface area contributed by atoms with E-state index in [0.717, 1.165) is 19.3 Å². The Bertz CT molecular complexity index is 404. The number of hydrogen-bond donors (Lipinski definition) is 2. The van der Waals surface area contributed by atoms with Crippen LogP contribution in [0.5, 0.6) is 0 Å². The van der Waals surface area contributed by atoms with Crippen molar-refractivity contribution < 1.29 is 9.53 Å². The molecular weight excluding hydrogens is 240 g/mol. The first-order chi connectivity index (χ1) is 9.22. The quantitative estimate of drug-likeness (QED) is 0.828. The van der Waals surface area contributed by atoms with Crippen molar-refractivity contribution in [2.24, 2.45) is 0 Å². The van der Waals surface area contributed by atoms with Crippen molar-refractivity contribution in [2.45, 2.75) is 51.4 Å². The lowest BCUT2D eigenvalue weighted by Gasteiger charge is -2.23. The van der Waals surface area contributed by atoms with Crippen LogP contribution >= 0.6 is 0 Å². The monoisotopic (exact) mass is 262 g/mol. The Kier molecular flexibility index (Phi) is 4.80. The van der Waals surface area contributed by atoms with Crippen LogP contribution in [-0.2, 0) is 11.2 Å². The van der Waals surface area contributed by atoms with E-state index in [1.165, 1.54) is 5.56 Å². The molecule has 0 aromatic heterocycles. The molecule has 2 rings (SSSR count). The van der Waals surface area contributed by atoms with Gasteiger partial charge in [-0.25, -0.2) is 4.79 Å². The van der Waals surface area contributed by atoms with Crippen LogP contribution in [-0.4, -0.2) is 24.4 Å². The smallest absolute Gasteiger partial charge is 0.408 e. The first-order valence-electron chi connectivity index (χ1n) is 7.00. The fourth-order valence-corrected chi connectivity index (χ4v) is 2.39. The molecule has 1 fully saturated rings. The van der Waals surface area contributed by atoms with E-state index in [-0.39, 0.29) is 18.4 Å². The molecule has 0 saturated carbocycles.